The highest BCUT2D eigenvalue weighted by atomic mass is 32.1. The molecular weight excluding hydrogens is 144 g/mol. The lowest BCUT2D eigenvalue weighted by atomic mass is 10.7. The second-order valence-electron chi connectivity index (χ2n) is 1.91. The molecule has 0 bridgehead atoms. The van der Waals surface area contributed by atoms with Crippen LogP contribution in [0.1, 0.15) is 0 Å². The summed E-state index contributed by atoms with van der Waals surface area (Å²) >= 11 is 1.88. The van der Waals surface area contributed by atoms with Crippen molar-refractivity contribution < 1.29 is 0 Å². The molecule has 1 aromatic heterocycles. The van der Waals surface area contributed by atoms with Crippen molar-refractivity contribution in [2.75, 3.05) is 0 Å². The summed E-state index contributed by atoms with van der Waals surface area (Å²) in [6.07, 6.45) is 2.02. The first-order valence-corrected chi connectivity index (χ1v) is 5.65. The lowest BCUT2D eigenvalue weighted by molar-refractivity contribution is 1.73. The minimum Gasteiger partial charge on any atom is -0.154 e. The van der Waals surface area contributed by atoms with Crippen LogP contribution in [0.3, 0.4) is 0 Å². The monoisotopic (exact) mass is 154 g/mol. The fraction of sp³-hybridized carbons (Fsp3) is 0.143. The molecule has 0 spiro atoms. The lowest BCUT2D eigenvalue weighted by Crippen LogP contribution is -2.05. The SMILES string of the molecule is C=CC[SiH2]c1cccs1. The van der Waals surface area contributed by atoms with Crippen LogP contribution in [0.5, 0.6) is 0 Å². The van der Waals surface area contributed by atoms with Gasteiger partial charge in [0.25, 0.3) is 0 Å². The summed E-state index contributed by atoms with van der Waals surface area (Å²) in [5, 5.41) is 2.14. The summed E-state index contributed by atoms with van der Waals surface area (Å²) in [5.41, 5.74) is 0. The van der Waals surface area contributed by atoms with Gasteiger partial charge in [-0.15, -0.1) is 6.58 Å². The van der Waals surface area contributed by atoms with E-state index in [4.69, 9.17) is 0 Å². The van der Waals surface area contributed by atoms with E-state index in [0.29, 0.717) is 0 Å². The average Bonchev–Trinajstić information content (AvgIpc) is 2.34. The fourth-order valence-electron chi connectivity index (χ4n) is 0.699. The van der Waals surface area contributed by atoms with Gasteiger partial charge in [0.1, 0.15) is 0 Å². The Kier molecular flexibility index (Phi) is 2.74. The highest BCUT2D eigenvalue weighted by Gasteiger charge is 1.89. The van der Waals surface area contributed by atoms with E-state index in [1.165, 1.54) is 6.04 Å². The van der Waals surface area contributed by atoms with E-state index in [1.54, 1.807) is 4.50 Å². The van der Waals surface area contributed by atoms with Gasteiger partial charge in [0.2, 0.25) is 0 Å². The molecule has 0 unspecified atom stereocenters. The van der Waals surface area contributed by atoms with Gasteiger partial charge in [-0.3, -0.25) is 0 Å². The molecule has 0 aliphatic carbocycles. The standard InChI is InChI=1S/C7H10SSi/c1-2-6-9-7-4-3-5-8-7/h2-5H,1,6,9H2. The summed E-state index contributed by atoms with van der Waals surface area (Å²) in [4.78, 5) is 0. The maximum atomic E-state index is 3.70. The van der Waals surface area contributed by atoms with Crippen molar-refractivity contribution in [2.45, 2.75) is 6.04 Å². The average molecular weight is 154 g/mol. The molecule has 0 N–H and O–H groups in total. The van der Waals surface area contributed by atoms with Crippen LogP contribution in [0.25, 0.3) is 0 Å². The van der Waals surface area contributed by atoms with Crippen molar-refractivity contribution in [1.29, 1.82) is 0 Å². The van der Waals surface area contributed by atoms with E-state index in [1.807, 2.05) is 17.4 Å². The zero-order chi connectivity index (χ0) is 6.53. The minimum atomic E-state index is 0.0312. The predicted octanol–water partition coefficient (Wildman–Crippen LogP) is 1.15. The van der Waals surface area contributed by atoms with Gasteiger partial charge >= 0.3 is 0 Å². The highest BCUT2D eigenvalue weighted by Crippen LogP contribution is 1.92. The maximum absolute atomic E-state index is 3.70. The maximum Gasteiger partial charge on any atom is 0.0713 e. The molecule has 1 rings (SSSR count). The van der Waals surface area contributed by atoms with E-state index in [9.17, 15) is 0 Å². The Balaban J connectivity index is 2.38. The summed E-state index contributed by atoms with van der Waals surface area (Å²) in [6, 6.07) is 5.58. The van der Waals surface area contributed by atoms with Crippen molar-refractivity contribution in [3.8, 4) is 0 Å². The Morgan fingerprint density at radius 2 is 2.67 bits per heavy atom. The summed E-state index contributed by atoms with van der Waals surface area (Å²) in [5.74, 6) is 0. The van der Waals surface area contributed by atoms with Crippen LogP contribution >= 0.6 is 11.3 Å². The number of hydrogen-bond donors (Lipinski definition) is 0. The van der Waals surface area contributed by atoms with E-state index < -0.39 is 0 Å². The van der Waals surface area contributed by atoms with Gasteiger partial charge in [0, 0.05) is 0 Å². The third kappa shape index (κ3) is 2.16. The van der Waals surface area contributed by atoms with Crippen LogP contribution in [0, 0.1) is 0 Å². The first kappa shape index (κ1) is 6.77. The molecule has 0 saturated carbocycles. The van der Waals surface area contributed by atoms with Crippen LogP contribution in [-0.4, -0.2) is 9.52 Å². The van der Waals surface area contributed by atoms with Crippen LogP contribution in [-0.2, 0) is 0 Å². The normalized spacial score (nSPS) is 10.7. The van der Waals surface area contributed by atoms with Crippen LogP contribution < -0.4 is 4.50 Å². The first-order valence-electron chi connectivity index (χ1n) is 3.07. The second kappa shape index (κ2) is 3.64. The predicted molar refractivity (Wildman–Crippen MR) is 47.5 cm³/mol. The molecule has 0 aliphatic rings. The topological polar surface area (TPSA) is 0 Å². The van der Waals surface area contributed by atoms with Gasteiger partial charge in [-0.25, -0.2) is 0 Å². The van der Waals surface area contributed by atoms with Gasteiger partial charge in [-0.1, -0.05) is 18.2 Å². The third-order valence-electron chi connectivity index (χ3n) is 1.17. The molecule has 0 radical (unpaired) electrons. The van der Waals surface area contributed by atoms with Crippen LogP contribution in [0.4, 0.5) is 0 Å². The number of hydrogen-bond acceptors (Lipinski definition) is 1. The molecule has 0 saturated heterocycles. The molecule has 0 aliphatic heterocycles. The van der Waals surface area contributed by atoms with Crippen LogP contribution in [0.2, 0.25) is 6.04 Å². The molecule has 1 heterocycles. The molecule has 9 heavy (non-hydrogen) atoms. The van der Waals surface area contributed by atoms with Crippen molar-refractivity contribution in [1.82, 2.24) is 0 Å². The van der Waals surface area contributed by atoms with E-state index in [0.717, 1.165) is 0 Å². The Bertz CT molecular complexity index is 167. The van der Waals surface area contributed by atoms with Crippen molar-refractivity contribution in [2.24, 2.45) is 0 Å². The van der Waals surface area contributed by atoms with E-state index in [-0.39, 0.29) is 9.52 Å². The fourth-order valence-corrected chi connectivity index (χ4v) is 3.09. The molecule has 0 amide bonds. The summed E-state index contributed by atoms with van der Waals surface area (Å²) in [6.45, 7) is 3.70. The quantitative estimate of drug-likeness (QED) is 0.452. The van der Waals surface area contributed by atoms with Crippen molar-refractivity contribution in [3.05, 3.63) is 30.2 Å². The Hall–Kier alpha value is -0.343. The lowest BCUT2D eigenvalue weighted by Gasteiger charge is -1.86. The number of thiophene rings is 1. The van der Waals surface area contributed by atoms with Gasteiger partial charge in [0.05, 0.1) is 9.52 Å². The zero-order valence-electron chi connectivity index (χ0n) is 5.34. The largest absolute Gasteiger partial charge is 0.154 e. The second-order valence-corrected chi connectivity index (χ2v) is 5.29. The van der Waals surface area contributed by atoms with Crippen molar-refractivity contribution in [3.63, 3.8) is 0 Å². The minimum absolute atomic E-state index is 0.0312. The molecule has 2 heteroatoms. The highest BCUT2D eigenvalue weighted by molar-refractivity contribution is 7.19. The molecule has 1 aromatic rings. The number of rotatable bonds is 3. The van der Waals surface area contributed by atoms with Gasteiger partial charge in [0.15, 0.2) is 0 Å². The van der Waals surface area contributed by atoms with Crippen LogP contribution in [0.15, 0.2) is 30.2 Å². The van der Waals surface area contributed by atoms with Crippen molar-refractivity contribution >= 4 is 25.4 Å². The smallest absolute Gasteiger partial charge is 0.0713 e. The van der Waals surface area contributed by atoms with E-state index in [2.05, 4.69) is 24.1 Å². The summed E-state index contributed by atoms with van der Waals surface area (Å²) in [7, 11) is 0.0312. The third-order valence-corrected chi connectivity index (χ3v) is 4.44. The van der Waals surface area contributed by atoms with Gasteiger partial charge in [-0.05, 0) is 15.9 Å². The molecule has 0 atom stereocenters. The zero-order valence-corrected chi connectivity index (χ0v) is 7.57. The van der Waals surface area contributed by atoms with Gasteiger partial charge in [-0.2, -0.15) is 11.3 Å². The molecular formula is C7H10SSi. The van der Waals surface area contributed by atoms with Gasteiger partial charge < -0.3 is 0 Å². The van der Waals surface area contributed by atoms with E-state index >= 15 is 0 Å². The molecule has 0 fully saturated rings. The molecule has 0 aromatic carbocycles. The first-order chi connectivity index (χ1) is 4.43. The molecule has 0 nitrogen and oxygen atoms in total. The molecule has 48 valence electrons. The number of allylic oxidation sites excluding steroid dienone is 1. The Morgan fingerprint density at radius 3 is 3.22 bits per heavy atom. The Morgan fingerprint density at radius 1 is 1.78 bits per heavy atom. The summed E-state index contributed by atoms with van der Waals surface area (Å²) < 4.78 is 1.59. The Labute approximate surface area is 62.1 Å².